The molecule has 0 bridgehead atoms. The van der Waals surface area contributed by atoms with Gasteiger partial charge in [-0.2, -0.15) is 5.10 Å². The summed E-state index contributed by atoms with van der Waals surface area (Å²) in [5, 5.41) is 14.7. The van der Waals surface area contributed by atoms with Gasteiger partial charge in [0.05, 0.1) is 23.9 Å². The topological polar surface area (TPSA) is 66.7 Å². The van der Waals surface area contributed by atoms with Crippen LogP contribution in [0.3, 0.4) is 0 Å². The Kier molecular flexibility index (Phi) is 5.54. The average molecular weight is 401 g/mol. The van der Waals surface area contributed by atoms with Gasteiger partial charge in [0.15, 0.2) is 11.5 Å². The van der Waals surface area contributed by atoms with Crippen molar-refractivity contribution in [3.63, 3.8) is 0 Å². The summed E-state index contributed by atoms with van der Waals surface area (Å²) in [6.45, 7) is 0. The van der Waals surface area contributed by atoms with Crippen molar-refractivity contribution in [3.8, 4) is 33.2 Å². The highest BCUT2D eigenvalue weighted by molar-refractivity contribution is 7.19. The van der Waals surface area contributed by atoms with Gasteiger partial charge >= 0.3 is 0 Å². The highest BCUT2D eigenvalue weighted by Gasteiger charge is 2.14. The van der Waals surface area contributed by atoms with Gasteiger partial charge in [-0.05, 0) is 29.3 Å². The summed E-state index contributed by atoms with van der Waals surface area (Å²) in [7, 11) is 1.51. The quantitative estimate of drug-likeness (QED) is 0.324. The predicted octanol–water partition coefficient (Wildman–Crippen LogP) is 5.64. The molecule has 0 amide bonds. The molecule has 0 fully saturated rings. The molecule has 5 nitrogen and oxygen atoms in total. The van der Waals surface area contributed by atoms with E-state index in [1.807, 2.05) is 36.4 Å². The minimum absolute atomic E-state index is 0.0949. The zero-order chi connectivity index (χ0) is 20.1. The van der Waals surface area contributed by atoms with Crippen molar-refractivity contribution in [2.45, 2.75) is 0 Å². The summed E-state index contributed by atoms with van der Waals surface area (Å²) < 4.78 is 5.12. The van der Waals surface area contributed by atoms with E-state index in [0.717, 1.165) is 27.3 Å². The van der Waals surface area contributed by atoms with Crippen LogP contribution in [0.15, 0.2) is 84.0 Å². The lowest BCUT2D eigenvalue weighted by Crippen LogP contribution is -1.91. The van der Waals surface area contributed by atoms with Crippen molar-refractivity contribution < 1.29 is 9.84 Å². The van der Waals surface area contributed by atoms with Crippen molar-refractivity contribution in [2.75, 3.05) is 12.5 Å². The number of aromatic nitrogens is 1. The molecule has 0 atom stereocenters. The third kappa shape index (κ3) is 4.28. The van der Waals surface area contributed by atoms with Crippen molar-refractivity contribution in [1.82, 2.24) is 4.98 Å². The first-order valence-corrected chi connectivity index (χ1v) is 9.84. The number of nitrogens with zero attached hydrogens (tertiary/aromatic N) is 2. The Balaban J connectivity index is 1.62. The van der Waals surface area contributed by atoms with Crippen molar-refractivity contribution in [3.05, 3.63) is 84.4 Å². The van der Waals surface area contributed by atoms with Gasteiger partial charge in [0.1, 0.15) is 0 Å². The lowest BCUT2D eigenvalue weighted by Gasteiger charge is -2.03. The first-order valence-electron chi connectivity index (χ1n) is 9.02. The minimum Gasteiger partial charge on any atom is -0.504 e. The number of nitrogens with one attached hydrogen (secondary N) is 1. The van der Waals surface area contributed by atoms with Crippen molar-refractivity contribution in [2.24, 2.45) is 5.10 Å². The Hall–Kier alpha value is -3.64. The number of hydrogen-bond acceptors (Lipinski definition) is 6. The second-order valence-corrected chi connectivity index (χ2v) is 7.23. The van der Waals surface area contributed by atoms with Gasteiger partial charge in [-0.3, -0.25) is 5.43 Å². The molecule has 4 aromatic rings. The van der Waals surface area contributed by atoms with Crippen molar-refractivity contribution >= 4 is 22.7 Å². The number of hydrogen-bond donors (Lipinski definition) is 2. The zero-order valence-corrected chi connectivity index (χ0v) is 16.6. The van der Waals surface area contributed by atoms with E-state index < -0.39 is 0 Å². The van der Waals surface area contributed by atoms with Crippen LogP contribution >= 0.6 is 11.3 Å². The fourth-order valence-corrected chi connectivity index (χ4v) is 3.82. The molecule has 1 heterocycles. The standard InChI is InChI=1S/C23H19N3O2S/c1-28-20-14-16(12-13-19(20)27)15-24-26-23-25-21(17-8-4-2-5-9-17)22(29-23)18-10-6-3-7-11-18/h2-15,27H,1H3,(H,25,26). The maximum absolute atomic E-state index is 9.69. The maximum Gasteiger partial charge on any atom is 0.204 e. The van der Waals surface area contributed by atoms with E-state index >= 15 is 0 Å². The summed E-state index contributed by atoms with van der Waals surface area (Å²) in [4.78, 5) is 5.85. The summed E-state index contributed by atoms with van der Waals surface area (Å²) in [5.41, 5.74) is 6.92. The van der Waals surface area contributed by atoms with Crippen LogP contribution in [0.5, 0.6) is 11.5 Å². The number of anilines is 1. The number of ether oxygens (including phenoxy) is 1. The molecule has 29 heavy (non-hydrogen) atoms. The fourth-order valence-electron chi connectivity index (χ4n) is 2.88. The number of benzene rings is 3. The molecule has 0 aliphatic rings. The molecule has 6 heteroatoms. The molecule has 4 rings (SSSR count). The summed E-state index contributed by atoms with van der Waals surface area (Å²) >= 11 is 1.55. The Morgan fingerprint density at radius 2 is 1.66 bits per heavy atom. The van der Waals surface area contributed by atoms with Gasteiger partial charge < -0.3 is 9.84 Å². The second kappa shape index (κ2) is 8.58. The molecule has 0 radical (unpaired) electrons. The van der Waals surface area contributed by atoms with Gasteiger partial charge in [0, 0.05) is 5.56 Å². The predicted molar refractivity (Wildman–Crippen MR) is 119 cm³/mol. The lowest BCUT2D eigenvalue weighted by atomic mass is 10.1. The molecule has 0 spiro atoms. The third-order valence-corrected chi connectivity index (χ3v) is 5.30. The first-order chi connectivity index (χ1) is 14.2. The molecule has 1 aromatic heterocycles. The Morgan fingerprint density at radius 1 is 0.966 bits per heavy atom. The van der Waals surface area contributed by atoms with Crippen molar-refractivity contribution in [1.29, 1.82) is 0 Å². The molecule has 0 saturated heterocycles. The number of hydrazone groups is 1. The molecule has 0 unspecified atom stereocenters. The number of aromatic hydroxyl groups is 1. The average Bonchev–Trinajstić information content (AvgIpc) is 3.20. The SMILES string of the molecule is COc1cc(C=NNc2nc(-c3ccccc3)c(-c3ccccc3)s2)ccc1O. The number of methoxy groups -OCH3 is 1. The molecule has 0 aliphatic heterocycles. The van der Waals surface area contributed by atoms with E-state index in [2.05, 4.69) is 34.8 Å². The Labute approximate surface area is 173 Å². The lowest BCUT2D eigenvalue weighted by molar-refractivity contribution is 0.373. The van der Waals surface area contributed by atoms with Crippen LogP contribution in [0.1, 0.15) is 5.56 Å². The van der Waals surface area contributed by atoms with E-state index in [4.69, 9.17) is 9.72 Å². The second-order valence-electron chi connectivity index (χ2n) is 6.23. The van der Waals surface area contributed by atoms with Crippen LogP contribution in [-0.2, 0) is 0 Å². The summed E-state index contributed by atoms with van der Waals surface area (Å²) in [5.74, 6) is 0.499. The zero-order valence-electron chi connectivity index (χ0n) is 15.7. The van der Waals surface area contributed by atoms with Gasteiger partial charge in [0.2, 0.25) is 5.13 Å². The number of thiazole rings is 1. The molecule has 3 aromatic carbocycles. The number of rotatable bonds is 6. The van der Waals surface area contributed by atoms with Gasteiger partial charge in [-0.25, -0.2) is 4.98 Å². The smallest absolute Gasteiger partial charge is 0.204 e. The van der Waals surface area contributed by atoms with Gasteiger partial charge in [-0.15, -0.1) is 0 Å². The summed E-state index contributed by atoms with van der Waals surface area (Å²) in [6, 6.07) is 25.4. The third-order valence-electron chi connectivity index (χ3n) is 4.29. The van der Waals surface area contributed by atoms with E-state index in [1.54, 1.807) is 35.8 Å². The number of phenolic OH excluding ortho intramolecular Hbond substituents is 1. The fraction of sp³-hybridized carbons (Fsp3) is 0.0435. The molecular weight excluding hydrogens is 382 g/mol. The Bertz CT molecular complexity index is 1070. The van der Waals surface area contributed by atoms with E-state index in [1.165, 1.54) is 7.11 Å². The molecule has 144 valence electrons. The highest BCUT2D eigenvalue weighted by Crippen LogP contribution is 2.38. The molecule has 2 N–H and O–H groups in total. The number of phenols is 1. The highest BCUT2D eigenvalue weighted by atomic mass is 32.1. The van der Waals surface area contributed by atoms with Crippen LogP contribution in [0, 0.1) is 0 Å². The van der Waals surface area contributed by atoms with Gasteiger partial charge in [-0.1, -0.05) is 72.0 Å². The van der Waals surface area contributed by atoms with E-state index in [-0.39, 0.29) is 5.75 Å². The van der Waals surface area contributed by atoms with Gasteiger partial charge in [0.25, 0.3) is 0 Å². The molecular formula is C23H19N3O2S. The normalized spacial score (nSPS) is 10.9. The largest absolute Gasteiger partial charge is 0.504 e. The van der Waals surface area contributed by atoms with E-state index in [9.17, 15) is 5.11 Å². The van der Waals surface area contributed by atoms with Crippen LogP contribution in [0.25, 0.3) is 21.7 Å². The molecule has 0 saturated carbocycles. The van der Waals surface area contributed by atoms with E-state index in [0.29, 0.717) is 10.9 Å². The minimum atomic E-state index is 0.0949. The van der Waals surface area contributed by atoms with Crippen LogP contribution in [-0.4, -0.2) is 23.4 Å². The van der Waals surface area contributed by atoms with Crippen LogP contribution in [0.2, 0.25) is 0 Å². The first kappa shape index (κ1) is 18.7. The monoisotopic (exact) mass is 401 g/mol. The Morgan fingerprint density at radius 3 is 2.34 bits per heavy atom. The summed E-state index contributed by atoms with van der Waals surface area (Å²) in [6.07, 6.45) is 1.66. The van der Waals surface area contributed by atoms with Crippen LogP contribution < -0.4 is 10.2 Å². The van der Waals surface area contributed by atoms with Crippen LogP contribution in [0.4, 0.5) is 5.13 Å². The molecule has 0 aliphatic carbocycles. The maximum atomic E-state index is 9.69.